The van der Waals surface area contributed by atoms with Crippen LogP contribution in [0.2, 0.25) is 0 Å². The van der Waals surface area contributed by atoms with Crippen molar-refractivity contribution >= 4 is 35.8 Å². The molecule has 2 rings (SSSR count). The molecule has 0 saturated carbocycles. The van der Waals surface area contributed by atoms with Crippen LogP contribution >= 0.6 is 0 Å². The largest absolute Gasteiger partial charge is 0.462 e. The Morgan fingerprint density at radius 1 is 0.500 bits per heavy atom. The van der Waals surface area contributed by atoms with Crippen molar-refractivity contribution in [3.63, 3.8) is 0 Å². The Bertz CT molecular complexity index is 1180. The van der Waals surface area contributed by atoms with Crippen LogP contribution in [0.5, 0.6) is 0 Å². The zero-order valence-corrected chi connectivity index (χ0v) is 22.4. The van der Waals surface area contributed by atoms with E-state index in [1.807, 2.05) is 0 Å². The fourth-order valence-electron chi connectivity index (χ4n) is 3.49. The fraction of sp³-hybridized carbons (Fsp3) is 0.357. The van der Waals surface area contributed by atoms with Gasteiger partial charge in [-0.2, -0.15) is 0 Å². The van der Waals surface area contributed by atoms with E-state index in [4.69, 9.17) is 28.4 Å². The predicted molar refractivity (Wildman–Crippen MR) is 136 cm³/mol. The number of ether oxygens (including phenoxy) is 6. The molecule has 0 fully saturated rings. The third kappa shape index (κ3) is 10.6. The first kappa shape index (κ1) is 31.5. The summed E-state index contributed by atoms with van der Waals surface area (Å²) in [6.07, 6.45) is -6.42. The smallest absolute Gasteiger partial charge is 0.338 e. The first-order valence-electron chi connectivity index (χ1n) is 12.1. The number of rotatable bonds is 13. The second-order valence-corrected chi connectivity index (χ2v) is 8.37. The van der Waals surface area contributed by atoms with E-state index in [9.17, 15) is 28.8 Å². The molecule has 0 spiro atoms. The van der Waals surface area contributed by atoms with Gasteiger partial charge in [0, 0.05) is 27.7 Å². The van der Waals surface area contributed by atoms with E-state index in [2.05, 4.69) is 0 Å². The van der Waals surface area contributed by atoms with Crippen LogP contribution in [-0.2, 0) is 47.6 Å². The molecule has 0 unspecified atom stereocenters. The van der Waals surface area contributed by atoms with Crippen LogP contribution in [0, 0.1) is 0 Å². The molecule has 0 aromatic heterocycles. The molecule has 0 bridgehead atoms. The summed E-state index contributed by atoms with van der Waals surface area (Å²) in [5.74, 6) is -5.05. The van der Waals surface area contributed by atoms with Crippen LogP contribution in [0.3, 0.4) is 0 Å². The lowest BCUT2D eigenvalue weighted by atomic mass is 10.0. The minimum atomic E-state index is -1.68. The lowest BCUT2D eigenvalue weighted by Crippen LogP contribution is -2.54. The molecule has 0 radical (unpaired) electrons. The van der Waals surface area contributed by atoms with Gasteiger partial charge in [-0.15, -0.1) is 0 Å². The zero-order valence-electron chi connectivity index (χ0n) is 22.4. The number of benzene rings is 2. The highest BCUT2D eigenvalue weighted by atomic mass is 16.6. The Kier molecular flexibility index (Phi) is 12.3. The minimum Gasteiger partial charge on any atom is -0.462 e. The van der Waals surface area contributed by atoms with E-state index in [1.165, 1.54) is 24.3 Å². The molecule has 0 aliphatic heterocycles. The van der Waals surface area contributed by atoms with Gasteiger partial charge < -0.3 is 28.4 Å². The summed E-state index contributed by atoms with van der Waals surface area (Å²) in [6.45, 7) is 2.96. The van der Waals surface area contributed by atoms with Crippen LogP contribution in [0.25, 0.3) is 0 Å². The van der Waals surface area contributed by atoms with Crippen molar-refractivity contribution in [3.8, 4) is 0 Å². The summed E-state index contributed by atoms with van der Waals surface area (Å²) in [6, 6.07) is 15.7. The Balaban J connectivity index is 2.52. The molecule has 0 saturated heterocycles. The number of hydrogen-bond acceptors (Lipinski definition) is 12. The molecule has 0 N–H and O–H groups in total. The van der Waals surface area contributed by atoms with Gasteiger partial charge in [0.25, 0.3) is 0 Å². The molecule has 0 aliphatic carbocycles. The predicted octanol–water partition coefficient (Wildman–Crippen LogP) is 2.43. The third-order valence-corrected chi connectivity index (χ3v) is 5.09. The van der Waals surface area contributed by atoms with E-state index in [-0.39, 0.29) is 11.1 Å². The topological polar surface area (TPSA) is 158 Å². The monoisotopic (exact) mass is 558 g/mol. The molecule has 12 heteroatoms. The first-order chi connectivity index (χ1) is 19.0. The highest BCUT2D eigenvalue weighted by Crippen LogP contribution is 2.22. The second-order valence-electron chi connectivity index (χ2n) is 8.37. The van der Waals surface area contributed by atoms with Crippen LogP contribution in [0.1, 0.15) is 48.4 Å². The summed E-state index contributed by atoms with van der Waals surface area (Å²) in [5.41, 5.74) is 0.299. The van der Waals surface area contributed by atoms with Gasteiger partial charge in [0.05, 0.1) is 11.1 Å². The Hall–Kier alpha value is -4.74. The maximum absolute atomic E-state index is 13.0. The molecule has 0 heterocycles. The molecular weight excluding hydrogens is 528 g/mol. The molecule has 2 aromatic carbocycles. The normalized spacial score (nSPS) is 13.4. The quantitative estimate of drug-likeness (QED) is 0.262. The Morgan fingerprint density at radius 2 is 0.900 bits per heavy atom. The summed E-state index contributed by atoms with van der Waals surface area (Å²) >= 11 is 0. The van der Waals surface area contributed by atoms with Gasteiger partial charge in [-0.25, -0.2) is 9.59 Å². The Labute approximate surface area is 230 Å². The standard InChI is InChI=1S/C28H30O12/c1-17(29)35-15-23(37-18(2)30)25(38-19(3)31)26(39-20(4)32)24(40-28(34)22-13-9-6-10-14-22)16-36-27(33)21-11-7-5-8-12-21/h5-14,23-26H,15-16H2,1-4H3/t23-,24+,25+,26+/m0/s1. The summed E-state index contributed by atoms with van der Waals surface area (Å²) < 4.78 is 31.9. The average Bonchev–Trinajstić information content (AvgIpc) is 2.91. The molecule has 40 heavy (non-hydrogen) atoms. The van der Waals surface area contributed by atoms with E-state index in [0.717, 1.165) is 27.7 Å². The van der Waals surface area contributed by atoms with Crippen molar-refractivity contribution in [1.29, 1.82) is 0 Å². The van der Waals surface area contributed by atoms with Crippen LogP contribution in [0.15, 0.2) is 60.7 Å². The summed E-state index contributed by atoms with van der Waals surface area (Å²) in [5, 5.41) is 0. The molecular formula is C28H30O12. The van der Waals surface area contributed by atoms with E-state index in [1.54, 1.807) is 36.4 Å². The number of hydrogen-bond donors (Lipinski definition) is 0. The highest BCUT2D eigenvalue weighted by Gasteiger charge is 2.44. The Morgan fingerprint density at radius 3 is 1.32 bits per heavy atom. The van der Waals surface area contributed by atoms with Gasteiger partial charge in [-0.3, -0.25) is 19.2 Å². The van der Waals surface area contributed by atoms with Crippen LogP contribution < -0.4 is 0 Å². The van der Waals surface area contributed by atoms with Crippen molar-refractivity contribution in [1.82, 2.24) is 0 Å². The van der Waals surface area contributed by atoms with Crippen molar-refractivity contribution in [3.05, 3.63) is 71.8 Å². The lowest BCUT2D eigenvalue weighted by molar-refractivity contribution is -0.200. The molecule has 214 valence electrons. The highest BCUT2D eigenvalue weighted by molar-refractivity contribution is 5.90. The van der Waals surface area contributed by atoms with Crippen molar-refractivity contribution in [2.24, 2.45) is 0 Å². The van der Waals surface area contributed by atoms with E-state index < -0.39 is 73.4 Å². The fourth-order valence-corrected chi connectivity index (χ4v) is 3.49. The maximum atomic E-state index is 13.0. The van der Waals surface area contributed by atoms with Gasteiger partial charge in [0.2, 0.25) is 0 Å². The van der Waals surface area contributed by atoms with Gasteiger partial charge in [0.1, 0.15) is 13.2 Å². The average molecular weight is 559 g/mol. The SMILES string of the molecule is CC(=O)OC[C@H](OC(C)=O)[C@@H](OC(C)=O)[C@H](OC(C)=O)[C@@H](COC(=O)c1ccccc1)OC(=O)c1ccccc1. The van der Waals surface area contributed by atoms with Gasteiger partial charge in [-0.1, -0.05) is 36.4 Å². The number of carbonyl (C=O) groups excluding carboxylic acids is 6. The van der Waals surface area contributed by atoms with Crippen molar-refractivity contribution in [2.75, 3.05) is 13.2 Å². The van der Waals surface area contributed by atoms with Crippen LogP contribution in [0.4, 0.5) is 0 Å². The first-order valence-corrected chi connectivity index (χ1v) is 12.1. The molecule has 0 amide bonds. The number of carbonyl (C=O) groups is 6. The molecule has 4 atom stereocenters. The molecule has 2 aromatic rings. The summed E-state index contributed by atoms with van der Waals surface area (Å²) in [4.78, 5) is 73.3. The van der Waals surface area contributed by atoms with Gasteiger partial charge >= 0.3 is 35.8 Å². The van der Waals surface area contributed by atoms with E-state index >= 15 is 0 Å². The second kappa shape index (κ2) is 15.6. The molecule has 12 nitrogen and oxygen atoms in total. The van der Waals surface area contributed by atoms with Gasteiger partial charge in [-0.05, 0) is 24.3 Å². The van der Waals surface area contributed by atoms with Crippen LogP contribution in [-0.4, -0.2) is 73.4 Å². The maximum Gasteiger partial charge on any atom is 0.338 e. The van der Waals surface area contributed by atoms with Crippen molar-refractivity contribution in [2.45, 2.75) is 52.1 Å². The lowest BCUT2D eigenvalue weighted by Gasteiger charge is -2.35. The number of esters is 6. The van der Waals surface area contributed by atoms with Gasteiger partial charge in [0.15, 0.2) is 24.4 Å². The zero-order chi connectivity index (χ0) is 29.7. The van der Waals surface area contributed by atoms with Crippen molar-refractivity contribution < 1.29 is 57.2 Å². The van der Waals surface area contributed by atoms with E-state index in [0.29, 0.717) is 0 Å². The summed E-state index contributed by atoms with van der Waals surface area (Å²) in [7, 11) is 0. The molecule has 0 aliphatic rings. The third-order valence-electron chi connectivity index (χ3n) is 5.09. The minimum absolute atomic E-state index is 0.115.